The third-order valence-corrected chi connectivity index (χ3v) is 0. The van der Waals surface area contributed by atoms with Crippen molar-refractivity contribution in [3.05, 3.63) is 0 Å². The van der Waals surface area contributed by atoms with Crippen LogP contribution in [0, 0.1) is 0 Å². The summed E-state index contributed by atoms with van der Waals surface area (Å²) in [6.45, 7) is 0. The molecule has 4 heavy (non-hydrogen) atoms. The van der Waals surface area contributed by atoms with Crippen LogP contribution in [0.15, 0.2) is 0 Å². The molecule has 0 aromatic carbocycles. The van der Waals surface area contributed by atoms with Gasteiger partial charge in [-0.05, 0) is 0 Å². The Labute approximate surface area is 39.2 Å². The molecule has 0 aliphatic rings. The topological polar surface area (TPSA) is 0 Å². The van der Waals surface area contributed by atoms with Crippen LogP contribution in [0.1, 0.15) is 0 Å². The monoisotopic (exact) mass is 68.0 g/mol. The maximum Gasteiger partial charge on any atom is 1.00 e. The van der Waals surface area contributed by atoms with Crippen LogP contribution in [-0.2, 0) is 0 Å². The van der Waals surface area contributed by atoms with Gasteiger partial charge in [0.05, 0.1) is 0 Å². The quantitative estimate of drug-likeness (QED) is 0.210. The Hall–Kier alpha value is 0.614. The summed E-state index contributed by atoms with van der Waals surface area (Å²) in [6, 6.07) is 0. The van der Waals surface area contributed by atoms with Gasteiger partial charge in [-0.1, -0.05) is 0 Å². The molecule has 0 aromatic rings. The molecular formula is CH2FLiSi. The van der Waals surface area contributed by atoms with Gasteiger partial charge in [0, 0.05) is 0 Å². The standard InChI is InChI=1S/CH2FSi.Li/c1-3-2;/h1H2;/q-1;+1. The van der Waals surface area contributed by atoms with Crippen molar-refractivity contribution < 1.29 is 23.0 Å². The van der Waals surface area contributed by atoms with E-state index in [9.17, 15) is 4.11 Å². The molecule has 0 fully saturated rings. The van der Waals surface area contributed by atoms with Crippen LogP contribution in [0.4, 0.5) is 4.11 Å². The fraction of sp³-hybridized carbons (Fsp3) is 0. The third kappa shape index (κ3) is 18.1. The van der Waals surface area contributed by atoms with Gasteiger partial charge in [0.1, 0.15) is 0 Å². The zero-order valence-corrected chi connectivity index (χ0v) is 3.59. The van der Waals surface area contributed by atoms with Crippen molar-refractivity contribution >= 4 is 15.6 Å². The van der Waals surface area contributed by atoms with E-state index in [-0.39, 0.29) is 18.9 Å². The fourth-order valence-corrected chi connectivity index (χ4v) is 0. The Morgan fingerprint density at radius 1 is 1.75 bits per heavy atom. The number of hydrogen-bond acceptors (Lipinski definition) is 0. The van der Waals surface area contributed by atoms with Crippen molar-refractivity contribution in [3.8, 4) is 0 Å². The van der Waals surface area contributed by atoms with Gasteiger partial charge in [-0.25, -0.2) is 9.47 Å². The molecule has 0 aromatic heterocycles. The number of hydrogen-bond donors (Lipinski definition) is 0. The van der Waals surface area contributed by atoms with E-state index in [4.69, 9.17) is 0 Å². The van der Waals surface area contributed by atoms with Gasteiger partial charge in [0.2, 0.25) is 0 Å². The second kappa shape index (κ2) is 9.48. The van der Waals surface area contributed by atoms with Crippen molar-refractivity contribution in [2.75, 3.05) is 0 Å². The molecule has 0 aliphatic carbocycles. The average molecular weight is 68.1 g/mol. The summed E-state index contributed by atoms with van der Waals surface area (Å²) in [5.41, 5.74) is 0. The molecule has 0 saturated carbocycles. The molecule has 0 rings (SSSR count). The number of halogens is 1. The van der Waals surface area contributed by atoms with Crippen LogP contribution in [0.5, 0.6) is 0 Å². The van der Waals surface area contributed by atoms with Gasteiger partial charge in [-0.3, -0.25) is 6.17 Å². The molecule has 18 valence electrons. The Bertz CT molecular complexity index is 15.5. The van der Waals surface area contributed by atoms with E-state index in [2.05, 4.69) is 6.17 Å². The molecule has 3 heteroatoms. The molecule has 0 saturated heterocycles. The van der Waals surface area contributed by atoms with E-state index in [1.165, 1.54) is 0 Å². The zero-order valence-electron chi connectivity index (χ0n) is 2.59. The van der Waals surface area contributed by atoms with Gasteiger partial charge < -0.3 is 4.11 Å². The normalized spacial score (nSPS) is 3.25. The molecule has 0 amide bonds. The van der Waals surface area contributed by atoms with E-state index in [0.29, 0.717) is 0 Å². The molecule has 0 heterocycles. The van der Waals surface area contributed by atoms with Gasteiger partial charge in [-0.15, -0.1) is 0 Å². The number of rotatable bonds is 0. The van der Waals surface area contributed by atoms with Crippen LogP contribution >= 0.6 is 0 Å². The first-order valence-electron chi connectivity index (χ1n) is 0.543. The van der Waals surface area contributed by atoms with E-state index >= 15 is 0 Å². The SMILES string of the molecule is C=[Si-]F.[Li+]. The smallest absolute Gasteiger partial charge is 0.523 e. The van der Waals surface area contributed by atoms with Crippen molar-refractivity contribution in [2.24, 2.45) is 0 Å². The van der Waals surface area contributed by atoms with E-state index in [0.717, 1.165) is 0 Å². The predicted octanol–water partition coefficient (Wildman–Crippen LogP) is -2.99. The molecule has 0 nitrogen and oxygen atoms in total. The van der Waals surface area contributed by atoms with Crippen molar-refractivity contribution in [1.29, 1.82) is 0 Å². The maximum atomic E-state index is 10.2. The van der Waals surface area contributed by atoms with Crippen LogP contribution in [0.3, 0.4) is 0 Å². The average Bonchev–Trinajstić information content (AvgIpc) is 0.918. The summed E-state index contributed by atoms with van der Waals surface area (Å²) in [5, 5.41) is 0. The van der Waals surface area contributed by atoms with Crippen molar-refractivity contribution in [1.82, 2.24) is 0 Å². The van der Waals surface area contributed by atoms with Gasteiger partial charge >= 0.3 is 18.9 Å². The minimum absolute atomic E-state index is 0. The van der Waals surface area contributed by atoms with Crippen LogP contribution < -0.4 is 18.9 Å². The Morgan fingerprint density at radius 2 is 1.75 bits per heavy atom. The van der Waals surface area contributed by atoms with Gasteiger partial charge in [-0.2, -0.15) is 0 Å². The predicted molar refractivity (Wildman–Crippen MR) is 14.0 cm³/mol. The van der Waals surface area contributed by atoms with Crippen LogP contribution in [0.25, 0.3) is 0 Å². The maximum absolute atomic E-state index is 10.2. The van der Waals surface area contributed by atoms with E-state index < -0.39 is 9.47 Å². The molecule has 0 spiro atoms. The van der Waals surface area contributed by atoms with Gasteiger partial charge in [0.25, 0.3) is 0 Å². The summed E-state index contributed by atoms with van der Waals surface area (Å²) in [5.74, 6) is 0. The van der Waals surface area contributed by atoms with Crippen LogP contribution in [-0.4, -0.2) is 15.6 Å². The summed E-state index contributed by atoms with van der Waals surface area (Å²) in [4.78, 5) is 0. The Morgan fingerprint density at radius 3 is 1.75 bits per heavy atom. The molecule has 0 atom stereocenters. The van der Waals surface area contributed by atoms with Crippen LogP contribution in [0.2, 0.25) is 0 Å². The molecule has 0 aliphatic heterocycles. The minimum atomic E-state index is -0.667. The summed E-state index contributed by atoms with van der Waals surface area (Å²) in [7, 11) is -0.667. The van der Waals surface area contributed by atoms with Crippen molar-refractivity contribution in [3.63, 3.8) is 0 Å². The minimum Gasteiger partial charge on any atom is -0.523 e. The zero-order chi connectivity index (χ0) is 2.71. The largest absolute Gasteiger partial charge is 1.00 e. The first-order valence-corrected chi connectivity index (χ1v) is 1.63. The fourth-order valence-electron chi connectivity index (χ4n) is 0. The van der Waals surface area contributed by atoms with Crippen molar-refractivity contribution in [2.45, 2.75) is 0 Å². The molecule has 0 radical (unpaired) electrons. The second-order valence-corrected chi connectivity index (χ2v) is 0.401. The third-order valence-electron chi connectivity index (χ3n) is 0. The molecule has 0 unspecified atom stereocenters. The van der Waals surface area contributed by atoms with Gasteiger partial charge in [0.15, 0.2) is 0 Å². The Balaban J connectivity index is 0. The summed E-state index contributed by atoms with van der Waals surface area (Å²) in [6.07, 6.45) is 2.85. The summed E-state index contributed by atoms with van der Waals surface area (Å²) < 4.78 is 10.2. The molecule has 0 bridgehead atoms. The second-order valence-electron chi connectivity index (χ2n) is 0.134. The first kappa shape index (κ1) is 8.82. The van der Waals surface area contributed by atoms with E-state index in [1.54, 1.807) is 0 Å². The first-order chi connectivity index (χ1) is 1.41. The Kier molecular flexibility index (Phi) is 20.9. The summed E-state index contributed by atoms with van der Waals surface area (Å²) >= 11 is 0. The molecule has 0 N–H and O–H groups in total. The van der Waals surface area contributed by atoms with E-state index in [1.807, 2.05) is 0 Å². The molecular weight excluding hydrogens is 66.0 g/mol.